The lowest BCUT2D eigenvalue weighted by molar-refractivity contribution is -0.384. The van der Waals surface area contributed by atoms with Crippen LogP contribution < -0.4 is 5.32 Å². The van der Waals surface area contributed by atoms with Gasteiger partial charge in [0.2, 0.25) is 0 Å². The molecular formula is C13H17N3O3. The highest BCUT2D eigenvalue weighted by Crippen LogP contribution is 2.26. The van der Waals surface area contributed by atoms with Crippen LogP contribution in [0.3, 0.4) is 0 Å². The molecule has 0 spiro atoms. The summed E-state index contributed by atoms with van der Waals surface area (Å²) in [6, 6.07) is 6.23. The Morgan fingerprint density at radius 2 is 2.21 bits per heavy atom. The Bertz CT molecular complexity index is 506. The summed E-state index contributed by atoms with van der Waals surface area (Å²) in [4.78, 5) is 10.5. The lowest BCUT2D eigenvalue weighted by Crippen LogP contribution is -2.33. The van der Waals surface area contributed by atoms with Gasteiger partial charge in [-0.05, 0) is 32.9 Å². The SMILES string of the molecule is CCOC(C)(C)CNc1ccc(C#N)cc1[N+](=O)[O-]. The molecule has 0 bridgehead atoms. The maximum absolute atomic E-state index is 11.0. The van der Waals surface area contributed by atoms with E-state index in [2.05, 4.69) is 5.32 Å². The number of benzene rings is 1. The highest BCUT2D eigenvalue weighted by atomic mass is 16.6. The van der Waals surface area contributed by atoms with E-state index in [1.54, 1.807) is 12.1 Å². The van der Waals surface area contributed by atoms with Crippen molar-refractivity contribution in [1.29, 1.82) is 5.26 Å². The van der Waals surface area contributed by atoms with Crippen LogP contribution in [0.1, 0.15) is 26.3 Å². The summed E-state index contributed by atoms with van der Waals surface area (Å²) >= 11 is 0. The van der Waals surface area contributed by atoms with Gasteiger partial charge in [-0.1, -0.05) is 0 Å². The third-order valence-corrected chi connectivity index (χ3v) is 2.56. The zero-order valence-electron chi connectivity index (χ0n) is 11.3. The highest BCUT2D eigenvalue weighted by molar-refractivity contribution is 5.64. The molecule has 0 aliphatic heterocycles. The molecule has 0 heterocycles. The van der Waals surface area contributed by atoms with E-state index in [1.165, 1.54) is 6.07 Å². The second-order valence-corrected chi connectivity index (χ2v) is 4.65. The first kappa shape index (κ1) is 14.9. The highest BCUT2D eigenvalue weighted by Gasteiger charge is 2.20. The molecule has 0 saturated carbocycles. The Morgan fingerprint density at radius 3 is 2.74 bits per heavy atom. The van der Waals surface area contributed by atoms with Crippen molar-refractivity contribution >= 4 is 11.4 Å². The fourth-order valence-corrected chi connectivity index (χ4v) is 1.65. The van der Waals surface area contributed by atoms with Gasteiger partial charge < -0.3 is 10.1 Å². The summed E-state index contributed by atoms with van der Waals surface area (Å²) in [6.07, 6.45) is 0. The monoisotopic (exact) mass is 263 g/mol. The van der Waals surface area contributed by atoms with E-state index < -0.39 is 10.5 Å². The molecule has 0 aliphatic rings. The molecule has 0 radical (unpaired) electrons. The standard InChI is InChI=1S/C13H17N3O3/c1-4-19-13(2,3)9-15-11-6-5-10(8-14)7-12(11)16(17)18/h5-7,15H,4,9H2,1-3H3. The van der Waals surface area contributed by atoms with Gasteiger partial charge in [-0.25, -0.2) is 0 Å². The van der Waals surface area contributed by atoms with E-state index in [0.717, 1.165) is 0 Å². The second kappa shape index (κ2) is 6.16. The Kier molecular flexibility index (Phi) is 4.84. The van der Waals surface area contributed by atoms with Gasteiger partial charge in [-0.15, -0.1) is 0 Å². The smallest absolute Gasteiger partial charge is 0.293 e. The first-order chi connectivity index (χ1) is 8.89. The van der Waals surface area contributed by atoms with Crippen LogP contribution in [0.5, 0.6) is 0 Å². The largest absolute Gasteiger partial charge is 0.377 e. The summed E-state index contributed by atoms with van der Waals surface area (Å²) in [7, 11) is 0. The van der Waals surface area contributed by atoms with E-state index in [9.17, 15) is 10.1 Å². The number of nitrogens with zero attached hydrogens (tertiary/aromatic N) is 2. The summed E-state index contributed by atoms with van der Waals surface area (Å²) in [5.74, 6) is 0. The predicted octanol–water partition coefficient (Wildman–Crippen LogP) is 2.69. The zero-order chi connectivity index (χ0) is 14.5. The van der Waals surface area contributed by atoms with Gasteiger partial charge in [0.1, 0.15) is 5.69 Å². The molecule has 19 heavy (non-hydrogen) atoms. The van der Waals surface area contributed by atoms with Crippen molar-refractivity contribution in [1.82, 2.24) is 0 Å². The van der Waals surface area contributed by atoms with Gasteiger partial charge >= 0.3 is 0 Å². The summed E-state index contributed by atoms with van der Waals surface area (Å²) in [5, 5.41) is 22.7. The Balaban J connectivity index is 2.90. The molecule has 1 N–H and O–H groups in total. The molecule has 1 aromatic carbocycles. The maximum atomic E-state index is 11.0. The molecule has 1 aromatic rings. The average molecular weight is 263 g/mol. The summed E-state index contributed by atoms with van der Waals surface area (Å²) in [5.41, 5.74) is 0.126. The Labute approximate surface area is 112 Å². The van der Waals surface area contributed by atoms with Gasteiger partial charge in [-0.2, -0.15) is 5.26 Å². The van der Waals surface area contributed by atoms with E-state index >= 15 is 0 Å². The predicted molar refractivity (Wildman–Crippen MR) is 72.0 cm³/mol. The van der Waals surface area contributed by atoms with Crippen molar-refractivity contribution in [3.63, 3.8) is 0 Å². The average Bonchev–Trinajstić information content (AvgIpc) is 2.36. The lowest BCUT2D eigenvalue weighted by atomic mass is 10.1. The number of nitro groups is 1. The number of ether oxygens (including phenoxy) is 1. The van der Waals surface area contributed by atoms with Crippen LogP contribution in [0.2, 0.25) is 0 Å². The van der Waals surface area contributed by atoms with Crippen molar-refractivity contribution in [2.24, 2.45) is 0 Å². The van der Waals surface area contributed by atoms with Crippen molar-refractivity contribution < 1.29 is 9.66 Å². The first-order valence-corrected chi connectivity index (χ1v) is 5.96. The summed E-state index contributed by atoms with van der Waals surface area (Å²) in [6.45, 7) is 6.71. The van der Waals surface area contributed by atoms with Gasteiger partial charge in [0, 0.05) is 19.2 Å². The van der Waals surface area contributed by atoms with Gasteiger partial charge in [-0.3, -0.25) is 10.1 Å². The fraction of sp³-hybridized carbons (Fsp3) is 0.462. The quantitative estimate of drug-likeness (QED) is 0.629. The molecule has 1 rings (SSSR count). The molecule has 6 nitrogen and oxygen atoms in total. The van der Waals surface area contributed by atoms with Gasteiger partial charge in [0.25, 0.3) is 5.69 Å². The zero-order valence-corrected chi connectivity index (χ0v) is 11.3. The third-order valence-electron chi connectivity index (χ3n) is 2.56. The van der Waals surface area contributed by atoms with E-state index in [0.29, 0.717) is 18.8 Å². The maximum Gasteiger partial charge on any atom is 0.293 e. The number of nitrogens with one attached hydrogen (secondary N) is 1. The number of anilines is 1. The number of rotatable bonds is 6. The lowest BCUT2D eigenvalue weighted by Gasteiger charge is -2.25. The fourth-order valence-electron chi connectivity index (χ4n) is 1.65. The van der Waals surface area contributed by atoms with Crippen LogP contribution in [0.4, 0.5) is 11.4 Å². The molecule has 102 valence electrons. The van der Waals surface area contributed by atoms with E-state index in [-0.39, 0.29) is 11.3 Å². The molecular weight excluding hydrogens is 246 g/mol. The van der Waals surface area contributed by atoms with Gasteiger partial charge in [0.15, 0.2) is 0 Å². The Hall–Kier alpha value is -2.13. The normalized spacial score (nSPS) is 10.8. The number of hydrogen-bond acceptors (Lipinski definition) is 5. The van der Waals surface area contributed by atoms with Crippen LogP contribution in [0.25, 0.3) is 0 Å². The first-order valence-electron chi connectivity index (χ1n) is 5.96. The minimum atomic E-state index is -0.503. The third kappa shape index (κ3) is 4.23. The molecule has 6 heteroatoms. The van der Waals surface area contributed by atoms with Crippen molar-refractivity contribution in [3.8, 4) is 6.07 Å². The van der Waals surface area contributed by atoms with Crippen LogP contribution in [0.15, 0.2) is 18.2 Å². The van der Waals surface area contributed by atoms with Crippen LogP contribution in [-0.2, 0) is 4.74 Å². The van der Waals surface area contributed by atoms with Crippen LogP contribution in [-0.4, -0.2) is 23.7 Å². The molecule has 0 saturated heterocycles. The molecule has 0 unspecified atom stereocenters. The molecule has 0 aromatic heterocycles. The van der Waals surface area contributed by atoms with E-state index in [4.69, 9.17) is 10.00 Å². The van der Waals surface area contributed by atoms with Crippen LogP contribution >= 0.6 is 0 Å². The Morgan fingerprint density at radius 1 is 1.53 bits per heavy atom. The minimum Gasteiger partial charge on any atom is -0.377 e. The number of nitro benzene ring substituents is 1. The van der Waals surface area contributed by atoms with Gasteiger partial charge in [0.05, 0.1) is 22.2 Å². The number of hydrogen-bond donors (Lipinski definition) is 1. The molecule has 0 atom stereocenters. The minimum absolute atomic E-state index is 0.105. The molecule has 0 fully saturated rings. The van der Waals surface area contributed by atoms with Crippen molar-refractivity contribution in [3.05, 3.63) is 33.9 Å². The van der Waals surface area contributed by atoms with E-state index in [1.807, 2.05) is 26.8 Å². The summed E-state index contributed by atoms with van der Waals surface area (Å²) < 4.78 is 5.51. The number of nitriles is 1. The van der Waals surface area contributed by atoms with Crippen molar-refractivity contribution in [2.45, 2.75) is 26.4 Å². The van der Waals surface area contributed by atoms with Crippen LogP contribution in [0, 0.1) is 21.4 Å². The molecule has 0 amide bonds. The topological polar surface area (TPSA) is 88.2 Å². The van der Waals surface area contributed by atoms with Crippen molar-refractivity contribution in [2.75, 3.05) is 18.5 Å². The molecule has 0 aliphatic carbocycles. The second-order valence-electron chi connectivity index (χ2n) is 4.65.